The number of nitrogens with one attached hydrogen (secondary N) is 2. The highest BCUT2D eigenvalue weighted by molar-refractivity contribution is 5.88. The van der Waals surface area contributed by atoms with Gasteiger partial charge in [0, 0.05) is 0 Å². The van der Waals surface area contributed by atoms with Crippen molar-refractivity contribution in [2.24, 2.45) is 0 Å². The maximum atomic E-state index is 11.7. The first-order chi connectivity index (χ1) is 10.1. The molecule has 0 atom stereocenters. The van der Waals surface area contributed by atoms with Gasteiger partial charge in [-0.1, -0.05) is 36.4 Å². The number of hydrogen-bond donors (Lipinski definition) is 2. The van der Waals surface area contributed by atoms with E-state index in [1.165, 1.54) is 0 Å². The van der Waals surface area contributed by atoms with E-state index < -0.39 is 16.8 Å². The van der Waals surface area contributed by atoms with Gasteiger partial charge in [0.05, 0.1) is 6.54 Å². The van der Waals surface area contributed by atoms with Crippen LogP contribution in [0, 0.1) is 6.92 Å². The quantitative estimate of drug-likeness (QED) is 0.680. The summed E-state index contributed by atoms with van der Waals surface area (Å²) in [5, 5.41) is 4.38. The molecule has 0 aliphatic rings. The number of H-pyrrole nitrogens is 2. The molecular formula is C15H13N3O3. The molecule has 0 spiro atoms. The molecule has 106 valence electrons. The summed E-state index contributed by atoms with van der Waals surface area (Å²) < 4.78 is 1.10. The fourth-order valence-corrected chi connectivity index (χ4v) is 2.38. The van der Waals surface area contributed by atoms with E-state index in [-0.39, 0.29) is 6.54 Å². The van der Waals surface area contributed by atoms with E-state index in [1.54, 1.807) is 0 Å². The third-order valence-corrected chi connectivity index (χ3v) is 3.47. The third-order valence-electron chi connectivity index (χ3n) is 3.47. The van der Waals surface area contributed by atoms with Gasteiger partial charge in [-0.3, -0.25) is 19.7 Å². The topological polar surface area (TPSA) is 87.7 Å². The second kappa shape index (κ2) is 4.90. The lowest BCUT2D eigenvalue weighted by molar-refractivity contribution is 0.596. The van der Waals surface area contributed by atoms with Crippen LogP contribution in [0.25, 0.3) is 10.8 Å². The molecule has 3 aromatic rings. The van der Waals surface area contributed by atoms with Crippen LogP contribution in [0.15, 0.2) is 50.8 Å². The first kappa shape index (κ1) is 13.1. The monoisotopic (exact) mass is 283 g/mol. The van der Waals surface area contributed by atoms with Gasteiger partial charge in [-0.25, -0.2) is 9.48 Å². The maximum Gasteiger partial charge on any atom is 0.343 e. The van der Waals surface area contributed by atoms with Crippen LogP contribution in [0.4, 0.5) is 0 Å². The Morgan fingerprint density at radius 1 is 0.952 bits per heavy atom. The fourth-order valence-electron chi connectivity index (χ4n) is 2.38. The van der Waals surface area contributed by atoms with Gasteiger partial charge in [0.1, 0.15) is 0 Å². The molecule has 0 saturated heterocycles. The molecule has 0 bridgehead atoms. The predicted octanol–water partition coefficient (Wildman–Crippen LogP) is 0.735. The lowest BCUT2D eigenvalue weighted by atomic mass is 10.0. The molecule has 0 radical (unpaired) electrons. The Labute approximate surface area is 118 Å². The summed E-state index contributed by atoms with van der Waals surface area (Å²) in [6, 6.07) is 11.7. The molecule has 0 saturated carbocycles. The summed E-state index contributed by atoms with van der Waals surface area (Å²) in [7, 11) is 0. The normalized spacial score (nSPS) is 10.9. The third kappa shape index (κ3) is 2.31. The maximum absolute atomic E-state index is 11.7. The Morgan fingerprint density at radius 3 is 2.43 bits per heavy atom. The second-order valence-corrected chi connectivity index (χ2v) is 4.87. The lowest BCUT2D eigenvalue weighted by Crippen LogP contribution is -2.43. The van der Waals surface area contributed by atoms with E-state index in [9.17, 15) is 14.4 Å². The van der Waals surface area contributed by atoms with Gasteiger partial charge in [-0.05, 0) is 28.8 Å². The van der Waals surface area contributed by atoms with Crippen molar-refractivity contribution in [1.82, 2.24) is 14.8 Å². The van der Waals surface area contributed by atoms with Crippen LogP contribution in [-0.2, 0) is 6.54 Å². The van der Waals surface area contributed by atoms with Crippen molar-refractivity contribution >= 4 is 10.8 Å². The standard InChI is InChI=1S/C15H13N3O3/c1-9-6-7-10(12-5-3-2-4-11(9)12)8-18-15(21)16-13(19)14(20)17-18/h2-7H,8H2,1H3,(H,17,20)(H,16,19,21). The molecule has 0 fully saturated rings. The van der Waals surface area contributed by atoms with Gasteiger partial charge in [0.25, 0.3) is 0 Å². The predicted molar refractivity (Wildman–Crippen MR) is 79.7 cm³/mol. The first-order valence-corrected chi connectivity index (χ1v) is 6.47. The van der Waals surface area contributed by atoms with E-state index in [4.69, 9.17) is 0 Å². The van der Waals surface area contributed by atoms with E-state index in [0.29, 0.717) is 0 Å². The SMILES string of the molecule is Cc1ccc(Cn2[nH]c(=O)c(=O)[nH]c2=O)c2ccccc12. The minimum Gasteiger partial charge on any atom is -0.268 e. The summed E-state index contributed by atoms with van der Waals surface area (Å²) in [5.41, 5.74) is -0.391. The molecule has 1 aromatic heterocycles. The van der Waals surface area contributed by atoms with E-state index in [0.717, 1.165) is 26.6 Å². The molecule has 2 N–H and O–H groups in total. The van der Waals surface area contributed by atoms with Crippen molar-refractivity contribution in [2.75, 3.05) is 0 Å². The Hall–Kier alpha value is -2.89. The van der Waals surface area contributed by atoms with Gasteiger partial charge in [0.2, 0.25) is 0 Å². The van der Waals surface area contributed by atoms with Crippen molar-refractivity contribution in [3.8, 4) is 0 Å². The molecule has 6 heteroatoms. The van der Waals surface area contributed by atoms with Gasteiger partial charge >= 0.3 is 16.8 Å². The van der Waals surface area contributed by atoms with E-state index >= 15 is 0 Å². The van der Waals surface area contributed by atoms with Crippen LogP contribution in [0.5, 0.6) is 0 Å². The zero-order valence-electron chi connectivity index (χ0n) is 11.3. The Morgan fingerprint density at radius 2 is 1.67 bits per heavy atom. The van der Waals surface area contributed by atoms with Crippen LogP contribution in [0.1, 0.15) is 11.1 Å². The number of rotatable bonds is 2. The molecule has 1 heterocycles. The molecule has 0 amide bonds. The zero-order chi connectivity index (χ0) is 15.0. The highest BCUT2D eigenvalue weighted by atomic mass is 16.2. The van der Waals surface area contributed by atoms with Crippen molar-refractivity contribution in [1.29, 1.82) is 0 Å². The van der Waals surface area contributed by atoms with Gasteiger partial charge in [0.15, 0.2) is 0 Å². The van der Waals surface area contributed by atoms with Crippen LogP contribution in [0.3, 0.4) is 0 Å². The highest BCUT2D eigenvalue weighted by Crippen LogP contribution is 2.22. The van der Waals surface area contributed by atoms with Crippen molar-refractivity contribution < 1.29 is 0 Å². The minimum absolute atomic E-state index is 0.186. The smallest absolute Gasteiger partial charge is 0.268 e. The highest BCUT2D eigenvalue weighted by Gasteiger charge is 2.06. The van der Waals surface area contributed by atoms with Crippen molar-refractivity contribution in [2.45, 2.75) is 13.5 Å². The molecule has 21 heavy (non-hydrogen) atoms. The van der Waals surface area contributed by atoms with E-state index in [2.05, 4.69) is 5.10 Å². The van der Waals surface area contributed by atoms with Gasteiger partial charge in [-0.2, -0.15) is 0 Å². The number of fused-ring (bicyclic) bond motifs is 1. The number of nitrogens with zero attached hydrogens (tertiary/aromatic N) is 1. The molecule has 6 nitrogen and oxygen atoms in total. The Kier molecular flexibility index (Phi) is 3.06. The zero-order valence-corrected chi connectivity index (χ0v) is 11.3. The summed E-state index contributed by atoms with van der Waals surface area (Å²) in [6.45, 7) is 2.20. The summed E-state index contributed by atoms with van der Waals surface area (Å²) in [4.78, 5) is 36.2. The fraction of sp³-hybridized carbons (Fsp3) is 0.133. The Balaban J connectivity index is 2.18. The van der Waals surface area contributed by atoms with E-state index in [1.807, 2.05) is 48.3 Å². The average Bonchev–Trinajstić information content (AvgIpc) is 2.48. The van der Waals surface area contributed by atoms with Crippen LogP contribution < -0.4 is 16.8 Å². The summed E-state index contributed by atoms with van der Waals surface area (Å²) >= 11 is 0. The number of benzene rings is 2. The molecule has 0 aliphatic carbocycles. The van der Waals surface area contributed by atoms with Crippen LogP contribution in [0.2, 0.25) is 0 Å². The first-order valence-electron chi connectivity index (χ1n) is 6.47. The van der Waals surface area contributed by atoms with Gasteiger partial charge < -0.3 is 0 Å². The lowest BCUT2D eigenvalue weighted by Gasteiger charge is -2.10. The molecule has 0 unspecified atom stereocenters. The minimum atomic E-state index is -0.940. The largest absolute Gasteiger partial charge is 0.343 e. The molecular weight excluding hydrogens is 270 g/mol. The van der Waals surface area contributed by atoms with Crippen LogP contribution in [-0.4, -0.2) is 14.8 Å². The molecule has 3 rings (SSSR count). The van der Waals surface area contributed by atoms with Crippen molar-refractivity contribution in [3.05, 3.63) is 78.7 Å². The van der Waals surface area contributed by atoms with Gasteiger partial charge in [-0.15, -0.1) is 0 Å². The average molecular weight is 283 g/mol. The van der Waals surface area contributed by atoms with Crippen molar-refractivity contribution in [3.63, 3.8) is 0 Å². The summed E-state index contributed by atoms with van der Waals surface area (Å²) in [6.07, 6.45) is 0. The number of aromatic amines is 2. The number of aryl methyl sites for hydroxylation is 1. The number of hydrogen-bond acceptors (Lipinski definition) is 3. The van der Waals surface area contributed by atoms with Crippen LogP contribution >= 0.6 is 0 Å². The second-order valence-electron chi connectivity index (χ2n) is 4.87. The Bertz CT molecular complexity index is 995. The number of aromatic nitrogens is 3. The molecule has 2 aromatic carbocycles. The summed E-state index contributed by atoms with van der Waals surface area (Å²) in [5.74, 6) is 0. The molecule has 0 aliphatic heterocycles.